The van der Waals surface area contributed by atoms with Gasteiger partial charge in [0.05, 0.1) is 34.6 Å². The minimum absolute atomic E-state index is 0.201. The Morgan fingerprint density at radius 2 is 1.91 bits per heavy atom. The maximum absolute atomic E-state index is 13.5. The molecule has 0 bridgehead atoms. The predicted molar refractivity (Wildman–Crippen MR) is 124 cm³/mol. The molecule has 1 aliphatic rings. The molecule has 0 amide bonds. The summed E-state index contributed by atoms with van der Waals surface area (Å²) in [6.07, 6.45) is 3.70. The minimum atomic E-state index is -0.618. The summed E-state index contributed by atoms with van der Waals surface area (Å²) < 4.78 is 8.89. The number of hydrogen-bond donors (Lipinski definition) is 0. The van der Waals surface area contributed by atoms with Crippen molar-refractivity contribution in [2.75, 3.05) is 26.1 Å². The molecule has 1 aliphatic heterocycles. The lowest BCUT2D eigenvalue weighted by molar-refractivity contribution is -0.136. The second kappa shape index (κ2) is 8.23. The lowest BCUT2D eigenvalue weighted by Crippen LogP contribution is -2.39. The molecule has 0 saturated carbocycles. The Labute approximate surface area is 189 Å². The molecular formula is C23H25N5O3S. The first kappa shape index (κ1) is 21.8. The van der Waals surface area contributed by atoms with Gasteiger partial charge in [0.15, 0.2) is 4.80 Å². The summed E-state index contributed by atoms with van der Waals surface area (Å²) in [6.45, 7) is 3.67. The number of carbonyl (C=O) groups is 1. The van der Waals surface area contributed by atoms with Crippen molar-refractivity contribution in [2.24, 2.45) is 12.0 Å². The van der Waals surface area contributed by atoms with E-state index < -0.39 is 12.0 Å². The van der Waals surface area contributed by atoms with Crippen LogP contribution < -0.4 is 19.8 Å². The molecule has 1 aromatic carbocycles. The zero-order valence-corrected chi connectivity index (χ0v) is 19.7. The molecular weight excluding hydrogens is 426 g/mol. The molecule has 2 aromatic heterocycles. The van der Waals surface area contributed by atoms with Crippen LogP contribution in [0.15, 0.2) is 51.5 Å². The maximum atomic E-state index is 13.5. The number of anilines is 1. The predicted octanol–water partition coefficient (Wildman–Crippen LogP) is 1.52. The Morgan fingerprint density at radius 1 is 1.22 bits per heavy atom. The van der Waals surface area contributed by atoms with Gasteiger partial charge < -0.3 is 9.64 Å². The van der Waals surface area contributed by atoms with Crippen molar-refractivity contribution in [3.05, 3.63) is 78.2 Å². The van der Waals surface area contributed by atoms with Crippen molar-refractivity contribution < 1.29 is 9.53 Å². The molecule has 3 heterocycles. The van der Waals surface area contributed by atoms with Gasteiger partial charge in [-0.05, 0) is 37.6 Å². The normalized spacial score (nSPS) is 16.1. The Hall–Kier alpha value is -3.46. The Kier molecular flexibility index (Phi) is 5.60. The molecule has 0 saturated heterocycles. The molecule has 0 N–H and O–H groups in total. The third kappa shape index (κ3) is 3.69. The summed E-state index contributed by atoms with van der Waals surface area (Å²) in [4.78, 5) is 33.4. The van der Waals surface area contributed by atoms with Crippen LogP contribution in [-0.4, -0.2) is 41.5 Å². The fraction of sp³-hybridized carbons (Fsp3) is 0.304. The molecule has 1 unspecified atom stereocenters. The molecule has 0 spiro atoms. The van der Waals surface area contributed by atoms with Crippen LogP contribution in [0, 0.1) is 6.92 Å². The van der Waals surface area contributed by atoms with Gasteiger partial charge in [0.1, 0.15) is 0 Å². The van der Waals surface area contributed by atoms with Crippen molar-refractivity contribution in [2.45, 2.75) is 19.9 Å². The fourth-order valence-corrected chi connectivity index (χ4v) is 4.90. The topological polar surface area (TPSA) is 81.7 Å². The van der Waals surface area contributed by atoms with Crippen LogP contribution in [0.2, 0.25) is 0 Å². The highest BCUT2D eigenvalue weighted by atomic mass is 32.1. The number of allylic oxidation sites excluding steroid dienone is 1. The van der Waals surface area contributed by atoms with Gasteiger partial charge in [0, 0.05) is 38.6 Å². The molecule has 166 valence electrons. The van der Waals surface area contributed by atoms with E-state index in [0.717, 1.165) is 22.5 Å². The molecule has 9 heteroatoms. The van der Waals surface area contributed by atoms with Crippen molar-refractivity contribution in [3.8, 4) is 0 Å². The van der Waals surface area contributed by atoms with E-state index in [1.807, 2.05) is 69.5 Å². The fourth-order valence-electron chi connectivity index (χ4n) is 3.86. The summed E-state index contributed by atoms with van der Waals surface area (Å²) in [6, 6.07) is 7.18. The lowest BCUT2D eigenvalue weighted by atomic mass is 9.95. The van der Waals surface area contributed by atoms with Crippen LogP contribution in [0.1, 0.15) is 29.8 Å². The molecule has 3 aromatic rings. The van der Waals surface area contributed by atoms with E-state index in [-0.39, 0.29) is 5.56 Å². The smallest absolute Gasteiger partial charge is 0.338 e. The summed E-state index contributed by atoms with van der Waals surface area (Å²) in [5.41, 5.74) is 4.25. The number of benzene rings is 1. The second-order valence-corrected chi connectivity index (χ2v) is 8.91. The Bertz CT molecular complexity index is 1410. The van der Waals surface area contributed by atoms with Gasteiger partial charge in [-0.25, -0.2) is 9.79 Å². The summed E-state index contributed by atoms with van der Waals surface area (Å²) in [7, 11) is 7.10. The number of esters is 1. The van der Waals surface area contributed by atoms with Crippen LogP contribution in [0.5, 0.6) is 0 Å². The second-order valence-electron chi connectivity index (χ2n) is 7.90. The van der Waals surface area contributed by atoms with E-state index in [4.69, 9.17) is 4.74 Å². The number of aromatic nitrogens is 3. The van der Waals surface area contributed by atoms with Crippen LogP contribution >= 0.6 is 11.3 Å². The highest BCUT2D eigenvalue weighted by molar-refractivity contribution is 7.07. The van der Waals surface area contributed by atoms with E-state index in [1.54, 1.807) is 16.2 Å². The highest BCUT2D eigenvalue weighted by Crippen LogP contribution is 2.31. The zero-order valence-electron chi connectivity index (χ0n) is 18.9. The van der Waals surface area contributed by atoms with Crippen LogP contribution in [0.3, 0.4) is 0 Å². The van der Waals surface area contributed by atoms with Crippen molar-refractivity contribution >= 4 is 29.1 Å². The van der Waals surface area contributed by atoms with Crippen molar-refractivity contribution in [1.29, 1.82) is 0 Å². The Balaban J connectivity index is 1.96. The quantitative estimate of drug-likeness (QED) is 0.562. The monoisotopic (exact) mass is 451 g/mol. The maximum Gasteiger partial charge on any atom is 0.338 e. The van der Waals surface area contributed by atoms with E-state index in [0.29, 0.717) is 20.6 Å². The number of carbonyl (C=O) groups excluding carboxylic acids is 1. The SMILES string of the molecule is COC(=O)C1=C(C)N=c2sc(=Cc3cn(C)nc3C)c(=O)n2C1c1ccc(N(C)C)cc1. The average molecular weight is 452 g/mol. The number of methoxy groups -OCH3 is 1. The van der Waals surface area contributed by atoms with E-state index >= 15 is 0 Å². The first-order chi connectivity index (χ1) is 15.2. The van der Waals surface area contributed by atoms with Crippen LogP contribution in [-0.2, 0) is 16.6 Å². The summed E-state index contributed by atoms with van der Waals surface area (Å²) in [5, 5.41) is 4.35. The molecule has 1 atom stereocenters. The highest BCUT2D eigenvalue weighted by Gasteiger charge is 2.33. The third-order valence-corrected chi connectivity index (χ3v) is 6.47. The van der Waals surface area contributed by atoms with Gasteiger partial charge in [-0.2, -0.15) is 5.10 Å². The molecule has 4 rings (SSSR count). The minimum Gasteiger partial charge on any atom is -0.466 e. The first-order valence-electron chi connectivity index (χ1n) is 10.1. The van der Waals surface area contributed by atoms with Gasteiger partial charge >= 0.3 is 5.97 Å². The lowest BCUT2D eigenvalue weighted by Gasteiger charge is -2.25. The van der Waals surface area contributed by atoms with Crippen molar-refractivity contribution in [3.63, 3.8) is 0 Å². The number of rotatable bonds is 4. The largest absolute Gasteiger partial charge is 0.466 e. The average Bonchev–Trinajstić information content (AvgIpc) is 3.24. The van der Waals surface area contributed by atoms with E-state index in [2.05, 4.69) is 10.1 Å². The first-order valence-corrected chi connectivity index (χ1v) is 10.9. The molecule has 0 radical (unpaired) electrons. The number of ether oxygens (including phenoxy) is 1. The molecule has 0 fully saturated rings. The van der Waals surface area contributed by atoms with Crippen LogP contribution in [0.25, 0.3) is 6.08 Å². The summed E-state index contributed by atoms with van der Waals surface area (Å²) >= 11 is 1.30. The molecule has 0 aliphatic carbocycles. The number of hydrogen-bond acceptors (Lipinski definition) is 7. The van der Waals surface area contributed by atoms with Gasteiger partial charge in [0.25, 0.3) is 5.56 Å². The number of thiazole rings is 1. The number of nitrogens with zero attached hydrogens (tertiary/aromatic N) is 5. The van der Waals surface area contributed by atoms with Gasteiger partial charge in [-0.15, -0.1) is 0 Å². The standard InChI is InChI=1S/C23H25N5O3S/c1-13-16(12-27(5)25-13)11-18-21(29)28-20(15-7-9-17(10-8-15)26(3)4)19(22(30)31-6)14(2)24-23(28)32-18/h7-12,20H,1-6H3. The zero-order chi connectivity index (χ0) is 23.2. The van der Waals surface area contributed by atoms with E-state index in [9.17, 15) is 9.59 Å². The third-order valence-electron chi connectivity index (χ3n) is 5.49. The molecule has 32 heavy (non-hydrogen) atoms. The molecule has 8 nitrogen and oxygen atoms in total. The number of fused-ring (bicyclic) bond motifs is 1. The van der Waals surface area contributed by atoms with Gasteiger partial charge in [0.2, 0.25) is 0 Å². The van der Waals surface area contributed by atoms with Crippen LogP contribution in [0.4, 0.5) is 5.69 Å². The van der Waals surface area contributed by atoms with E-state index in [1.165, 1.54) is 18.4 Å². The van der Waals surface area contributed by atoms with Crippen molar-refractivity contribution in [1.82, 2.24) is 14.3 Å². The number of aryl methyl sites for hydroxylation is 2. The summed E-state index contributed by atoms with van der Waals surface area (Å²) in [5.74, 6) is -0.495. The van der Waals surface area contributed by atoms with Gasteiger partial charge in [-0.3, -0.25) is 14.0 Å². The Morgan fingerprint density at radius 3 is 2.47 bits per heavy atom. The van der Waals surface area contributed by atoms with Gasteiger partial charge in [-0.1, -0.05) is 23.5 Å².